The van der Waals surface area contributed by atoms with E-state index in [1.54, 1.807) is 0 Å². The van der Waals surface area contributed by atoms with Gasteiger partial charge in [0.15, 0.2) is 0 Å². The number of esters is 1. The van der Waals surface area contributed by atoms with Gasteiger partial charge >= 0.3 is 5.97 Å². The van der Waals surface area contributed by atoms with Crippen molar-refractivity contribution < 1.29 is 9.53 Å². The fourth-order valence-corrected chi connectivity index (χ4v) is 9.70. The molecule has 196 valence electrons. The van der Waals surface area contributed by atoms with E-state index in [0.717, 1.165) is 55.1 Å². The highest BCUT2D eigenvalue weighted by Gasteiger charge is 2.60. The van der Waals surface area contributed by atoms with Gasteiger partial charge in [-0.2, -0.15) is 0 Å². The van der Waals surface area contributed by atoms with Crippen molar-refractivity contribution >= 4 is 5.97 Å². The zero-order valence-electron chi connectivity index (χ0n) is 23.1. The summed E-state index contributed by atoms with van der Waals surface area (Å²) in [7, 11) is 1.52. The fraction of sp³-hybridized carbons (Fsp3) is 0.967. The number of fused-ring (bicyclic) bond motifs is 5. The van der Waals surface area contributed by atoms with Crippen LogP contribution in [0.2, 0.25) is 0 Å². The monoisotopic (exact) mass is 474 g/mol. The Morgan fingerprint density at radius 2 is 1.68 bits per heavy atom. The quantitative estimate of drug-likeness (QED) is 0.309. The predicted molar refractivity (Wildman–Crippen MR) is 141 cm³/mol. The van der Waals surface area contributed by atoms with Crippen LogP contribution in [-0.2, 0) is 9.53 Å². The van der Waals surface area contributed by atoms with E-state index in [4.69, 9.17) is 4.74 Å². The van der Waals surface area contributed by atoms with Gasteiger partial charge in [-0.05, 0) is 111 Å². The van der Waals surface area contributed by atoms with Gasteiger partial charge < -0.3 is 15.4 Å². The molecule has 0 aromatic heterocycles. The van der Waals surface area contributed by atoms with Crippen LogP contribution in [0.25, 0.3) is 0 Å². The zero-order chi connectivity index (χ0) is 24.5. The van der Waals surface area contributed by atoms with Gasteiger partial charge in [0, 0.05) is 31.6 Å². The summed E-state index contributed by atoms with van der Waals surface area (Å²) in [6.07, 6.45) is 14.4. The van der Waals surface area contributed by atoms with Crippen LogP contribution in [0, 0.1) is 46.3 Å². The third-order valence-electron chi connectivity index (χ3n) is 11.6. The van der Waals surface area contributed by atoms with Gasteiger partial charge in [0.2, 0.25) is 0 Å². The van der Waals surface area contributed by atoms with Crippen molar-refractivity contribution in [3.05, 3.63) is 0 Å². The van der Waals surface area contributed by atoms with Gasteiger partial charge in [0.1, 0.15) is 0 Å². The molecule has 4 aliphatic rings. The van der Waals surface area contributed by atoms with Crippen LogP contribution < -0.4 is 10.6 Å². The van der Waals surface area contributed by atoms with Crippen molar-refractivity contribution in [3.8, 4) is 0 Å². The molecule has 0 spiro atoms. The molecule has 0 amide bonds. The minimum atomic E-state index is -0.0391. The molecular formula is C30H54N2O2. The summed E-state index contributed by atoms with van der Waals surface area (Å²) in [5.74, 6) is 5.08. The van der Waals surface area contributed by atoms with E-state index in [1.807, 2.05) is 0 Å². The van der Waals surface area contributed by atoms with Gasteiger partial charge in [-0.15, -0.1) is 0 Å². The van der Waals surface area contributed by atoms with Crippen LogP contribution in [0.5, 0.6) is 0 Å². The number of carbonyl (C=O) groups is 1. The molecule has 0 aliphatic heterocycles. The first-order chi connectivity index (χ1) is 16.2. The average molecular weight is 475 g/mol. The SMILES string of the molecule is COC(=O)CC[C@@H](C)C1CCC2C3CC[C@@H]4C[C@H](NCCNC(C)C)CC[C@]4(C)C3CC[C@@]21C. The molecule has 4 nitrogen and oxygen atoms in total. The summed E-state index contributed by atoms with van der Waals surface area (Å²) < 4.78 is 4.92. The first kappa shape index (κ1) is 26.5. The predicted octanol–water partition coefficient (Wildman–Crippen LogP) is 6.19. The van der Waals surface area contributed by atoms with E-state index in [-0.39, 0.29) is 5.97 Å². The second-order valence-electron chi connectivity index (χ2n) is 13.5. The number of rotatable bonds is 9. The Kier molecular flexibility index (Phi) is 8.39. The van der Waals surface area contributed by atoms with E-state index in [0.29, 0.717) is 29.2 Å². The maximum Gasteiger partial charge on any atom is 0.305 e. The second-order valence-corrected chi connectivity index (χ2v) is 13.5. The summed E-state index contributed by atoms with van der Waals surface area (Å²) in [4.78, 5) is 11.7. The van der Waals surface area contributed by atoms with E-state index in [1.165, 1.54) is 64.9 Å². The van der Waals surface area contributed by atoms with Crippen molar-refractivity contribution in [1.82, 2.24) is 10.6 Å². The minimum Gasteiger partial charge on any atom is -0.469 e. The Morgan fingerprint density at radius 1 is 0.941 bits per heavy atom. The Bertz CT molecular complexity index is 695. The largest absolute Gasteiger partial charge is 0.469 e. The van der Waals surface area contributed by atoms with Crippen molar-refractivity contribution in [2.24, 2.45) is 46.3 Å². The van der Waals surface area contributed by atoms with E-state index < -0.39 is 0 Å². The standard InChI is InChI=1S/C30H54N2O2/c1-20(2)31-17-18-32-23-13-15-29(4)22(19-23)8-9-24-26-11-10-25(21(3)7-12-28(33)34-6)30(26,5)16-14-27(24)29/h20-27,31-32H,7-19H2,1-6H3/t21-,22-,23-,24?,25?,26?,27?,29+,30-/m1/s1. The Balaban J connectivity index is 1.36. The first-order valence-electron chi connectivity index (χ1n) is 14.7. The third-order valence-corrected chi connectivity index (χ3v) is 11.6. The van der Waals surface area contributed by atoms with Crippen molar-refractivity contribution in [1.29, 1.82) is 0 Å². The molecule has 4 fully saturated rings. The Morgan fingerprint density at radius 3 is 2.41 bits per heavy atom. The Labute approximate surface area is 210 Å². The molecular weight excluding hydrogens is 420 g/mol. The lowest BCUT2D eigenvalue weighted by molar-refractivity contribution is -0.141. The average Bonchev–Trinajstić information content (AvgIpc) is 3.17. The highest BCUT2D eigenvalue weighted by molar-refractivity contribution is 5.69. The number of hydrogen-bond donors (Lipinski definition) is 2. The molecule has 4 unspecified atom stereocenters. The number of methoxy groups -OCH3 is 1. The van der Waals surface area contributed by atoms with Gasteiger partial charge in [0.25, 0.3) is 0 Å². The van der Waals surface area contributed by atoms with E-state index in [2.05, 4.69) is 45.3 Å². The molecule has 4 rings (SSSR count). The van der Waals surface area contributed by atoms with Crippen LogP contribution in [0.3, 0.4) is 0 Å². The van der Waals surface area contributed by atoms with Crippen molar-refractivity contribution in [2.75, 3.05) is 20.2 Å². The molecule has 0 radical (unpaired) electrons. The number of ether oxygens (including phenoxy) is 1. The molecule has 2 N–H and O–H groups in total. The molecule has 0 aromatic rings. The van der Waals surface area contributed by atoms with Gasteiger partial charge in [-0.1, -0.05) is 34.6 Å². The lowest BCUT2D eigenvalue weighted by Crippen LogP contribution is -2.55. The third kappa shape index (κ3) is 5.10. The van der Waals surface area contributed by atoms with E-state index >= 15 is 0 Å². The van der Waals surface area contributed by atoms with Crippen molar-refractivity contribution in [2.45, 2.75) is 117 Å². The summed E-state index contributed by atoms with van der Waals surface area (Å²) >= 11 is 0. The summed E-state index contributed by atoms with van der Waals surface area (Å²) in [5.41, 5.74) is 1.05. The second kappa shape index (κ2) is 10.8. The summed E-state index contributed by atoms with van der Waals surface area (Å²) in [5, 5.41) is 7.44. The molecule has 4 aliphatic carbocycles. The van der Waals surface area contributed by atoms with Crippen LogP contribution >= 0.6 is 0 Å². The normalized spacial score (nSPS) is 42.6. The molecule has 34 heavy (non-hydrogen) atoms. The van der Waals surface area contributed by atoms with Crippen LogP contribution in [0.1, 0.15) is 105 Å². The highest BCUT2D eigenvalue weighted by Crippen LogP contribution is 2.68. The summed E-state index contributed by atoms with van der Waals surface area (Å²) in [6.45, 7) is 14.4. The fourth-order valence-electron chi connectivity index (χ4n) is 9.70. The Hall–Kier alpha value is -0.610. The number of hydrogen-bond acceptors (Lipinski definition) is 4. The lowest BCUT2D eigenvalue weighted by atomic mass is 9.44. The maximum absolute atomic E-state index is 11.7. The maximum atomic E-state index is 11.7. The van der Waals surface area contributed by atoms with Gasteiger partial charge in [-0.25, -0.2) is 0 Å². The smallest absolute Gasteiger partial charge is 0.305 e. The highest BCUT2D eigenvalue weighted by atomic mass is 16.5. The van der Waals surface area contributed by atoms with Gasteiger partial charge in [0.05, 0.1) is 7.11 Å². The molecule has 0 saturated heterocycles. The minimum absolute atomic E-state index is 0.0391. The topological polar surface area (TPSA) is 50.4 Å². The van der Waals surface area contributed by atoms with Crippen LogP contribution in [0.15, 0.2) is 0 Å². The van der Waals surface area contributed by atoms with Crippen LogP contribution in [-0.4, -0.2) is 38.3 Å². The summed E-state index contributed by atoms with van der Waals surface area (Å²) in [6, 6.07) is 1.30. The van der Waals surface area contributed by atoms with Gasteiger partial charge in [-0.3, -0.25) is 4.79 Å². The number of carbonyl (C=O) groups excluding carboxylic acids is 1. The molecule has 9 atom stereocenters. The molecule has 4 heteroatoms. The molecule has 4 saturated carbocycles. The van der Waals surface area contributed by atoms with E-state index in [9.17, 15) is 4.79 Å². The lowest BCUT2D eigenvalue weighted by Gasteiger charge is -2.61. The molecule has 0 bridgehead atoms. The number of nitrogens with one attached hydrogen (secondary N) is 2. The van der Waals surface area contributed by atoms with Crippen LogP contribution in [0.4, 0.5) is 0 Å². The zero-order valence-corrected chi connectivity index (χ0v) is 23.1. The molecule has 0 aromatic carbocycles. The molecule has 0 heterocycles. The first-order valence-corrected chi connectivity index (χ1v) is 14.7. The van der Waals surface area contributed by atoms with Crippen molar-refractivity contribution in [3.63, 3.8) is 0 Å².